The standard InChI is InChI=1S/C22H20F4N2O6S/c1-12(2)11-28-18(10-27-21(30)31)19(13-3-5-14(23)6-4-13)17-9-15(7-8-16(17)20(28)29)34-35(32,33)22(24,25)26/h3-9,12,27H,10-11H2,1-2H3,(H,30,31). The highest BCUT2D eigenvalue weighted by Gasteiger charge is 2.48. The van der Waals surface area contributed by atoms with Crippen LogP contribution >= 0.6 is 0 Å². The largest absolute Gasteiger partial charge is 0.534 e. The molecule has 2 N–H and O–H groups in total. The van der Waals surface area contributed by atoms with E-state index in [0.29, 0.717) is 5.56 Å². The van der Waals surface area contributed by atoms with Gasteiger partial charge in [-0.2, -0.15) is 21.6 Å². The Bertz CT molecular complexity index is 1430. The summed E-state index contributed by atoms with van der Waals surface area (Å²) < 4.78 is 80.7. The van der Waals surface area contributed by atoms with Crippen LogP contribution in [0.15, 0.2) is 47.3 Å². The molecule has 0 bridgehead atoms. The highest BCUT2D eigenvalue weighted by atomic mass is 32.2. The number of fused-ring (bicyclic) bond motifs is 1. The number of hydrogen-bond acceptors (Lipinski definition) is 5. The Hall–Kier alpha value is -3.61. The van der Waals surface area contributed by atoms with Gasteiger partial charge in [-0.15, -0.1) is 0 Å². The van der Waals surface area contributed by atoms with Crippen molar-refractivity contribution in [2.24, 2.45) is 5.92 Å². The first kappa shape index (κ1) is 26.0. The summed E-state index contributed by atoms with van der Waals surface area (Å²) in [6, 6.07) is 7.90. The van der Waals surface area contributed by atoms with Crippen molar-refractivity contribution in [3.05, 3.63) is 64.3 Å². The number of carbonyl (C=O) groups is 1. The molecule has 0 saturated heterocycles. The van der Waals surface area contributed by atoms with Crippen LogP contribution < -0.4 is 15.1 Å². The molecule has 13 heteroatoms. The number of nitrogens with one attached hydrogen (secondary N) is 1. The summed E-state index contributed by atoms with van der Waals surface area (Å²) in [4.78, 5) is 24.5. The van der Waals surface area contributed by atoms with E-state index in [9.17, 15) is 35.6 Å². The molecule has 0 fully saturated rings. The second-order valence-corrected chi connectivity index (χ2v) is 9.53. The number of alkyl halides is 3. The Labute approximate surface area is 196 Å². The van der Waals surface area contributed by atoms with Crippen molar-refractivity contribution in [1.82, 2.24) is 9.88 Å². The molecule has 1 amide bonds. The summed E-state index contributed by atoms with van der Waals surface area (Å²) in [7, 11) is -5.99. The number of nitrogens with zero attached hydrogens (tertiary/aromatic N) is 1. The predicted molar refractivity (Wildman–Crippen MR) is 119 cm³/mol. The fraction of sp³-hybridized carbons (Fsp3) is 0.273. The average Bonchev–Trinajstić information content (AvgIpc) is 2.74. The molecule has 3 rings (SSSR count). The van der Waals surface area contributed by atoms with Gasteiger partial charge in [-0.05, 0) is 41.8 Å². The maximum atomic E-state index is 13.6. The zero-order chi connectivity index (χ0) is 26.1. The first-order chi connectivity index (χ1) is 16.2. The lowest BCUT2D eigenvalue weighted by Crippen LogP contribution is -2.31. The normalized spacial score (nSPS) is 12.2. The lowest BCUT2D eigenvalue weighted by atomic mass is 9.96. The van der Waals surface area contributed by atoms with Gasteiger partial charge in [-0.1, -0.05) is 26.0 Å². The van der Waals surface area contributed by atoms with Crippen molar-refractivity contribution in [1.29, 1.82) is 0 Å². The molecule has 0 aliphatic rings. The average molecular weight is 516 g/mol. The van der Waals surface area contributed by atoms with Crippen LogP contribution in [0.2, 0.25) is 0 Å². The van der Waals surface area contributed by atoms with Crippen molar-refractivity contribution < 1.29 is 40.1 Å². The molecule has 8 nitrogen and oxygen atoms in total. The topological polar surface area (TPSA) is 115 Å². The van der Waals surface area contributed by atoms with E-state index in [1.165, 1.54) is 16.7 Å². The van der Waals surface area contributed by atoms with Crippen LogP contribution in [0.5, 0.6) is 5.75 Å². The number of carboxylic acid groups (broad SMARTS) is 1. The van der Waals surface area contributed by atoms with Crippen molar-refractivity contribution in [2.45, 2.75) is 32.4 Å². The van der Waals surface area contributed by atoms with Gasteiger partial charge in [-0.25, -0.2) is 9.18 Å². The highest BCUT2D eigenvalue weighted by Crippen LogP contribution is 2.35. The van der Waals surface area contributed by atoms with Crippen LogP contribution in [0.3, 0.4) is 0 Å². The SMILES string of the molecule is CC(C)Cn1c(CNC(=O)O)c(-c2ccc(F)cc2)c2cc(OS(=O)(=O)C(F)(F)F)ccc2c1=O. The number of benzene rings is 2. The Kier molecular flexibility index (Phi) is 7.11. The molecule has 188 valence electrons. The van der Waals surface area contributed by atoms with Crippen LogP contribution in [0, 0.1) is 11.7 Å². The molecule has 0 radical (unpaired) electrons. The lowest BCUT2D eigenvalue weighted by molar-refractivity contribution is -0.0500. The number of aromatic nitrogens is 1. The van der Waals surface area contributed by atoms with Crippen LogP contribution in [0.1, 0.15) is 19.5 Å². The quantitative estimate of drug-likeness (QED) is 0.272. The van der Waals surface area contributed by atoms with E-state index in [2.05, 4.69) is 9.50 Å². The minimum atomic E-state index is -5.99. The molecule has 0 spiro atoms. The first-order valence-corrected chi connectivity index (χ1v) is 11.5. The molecule has 35 heavy (non-hydrogen) atoms. The van der Waals surface area contributed by atoms with E-state index in [1.54, 1.807) is 0 Å². The van der Waals surface area contributed by atoms with Gasteiger partial charge in [0.15, 0.2) is 0 Å². The maximum absolute atomic E-state index is 13.6. The molecule has 1 heterocycles. The third kappa shape index (κ3) is 5.56. The zero-order valence-electron chi connectivity index (χ0n) is 18.4. The lowest BCUT2D eigenvalue weighted by Gasteiger charge is -2.22. The van der Waals surface area contributed by atoms with Gasteiger partial charge in [0.2, 0.25) is 0 Å². The van der Waals surface area contributed by atoms with Crippen molar-refractivity contribution in [2.75, 3.05) is 0 Å². The zero-order valence-corrected chi connectivity index (χ0v) is 19.2. The Morgan fingerprint density at radius 3 is 2.29 bits per heavy atom. The van der Waals surface area contributed by atoms with Crippen molar-refractivity contribution in [3.8, 4) is 16.9 Å². The van der Waals surface area contributed by atoms with Gasteiger partial charge in [0.25, 0.3) is 5.56 Å². The number of hydrogen-bond donors (Lipinski definition) is 2. The summed E-state index contributed by atoms with van der Waals surface area (Å²) >= 11 is 0. The fourth-order valence-corrected chi connectivity index (χ4v) is 3.99. The van der Waals surface area contributed by atoms with E-state index >= 15 is 0 Å². The molecular weight excluding hydrogens is 496 g/mol. The van der Waals surface area contributed by atoms with Crippen LogP contribution in [0.25, 0.3) is 21.9 Å². The Morgan fingerprint density at radius 1 is 1.11 bits per heavy atom. The second-order valence-electron chi connectivity index (χ2n) is 7.99. The summed E-state index contributed by atoms with van der Waals surface area (Å²) in [6.45, 7) is 3.44. The monoisotopic (exact) mass is 516 g/mol. The van der Waals surface area contributed by atoms with Crippen LogP contribution in [-0.4, -0.2) is 29.7 Å². The molecule has 0 unspecified atom stereocenters. The minimum absolute atomic E-state index is 0.00122. The number of amides is 1. The molecule has 0 atom stereocenters. The van der Waals surface area contributed by atoms with Gasteiger partial charge >= 0.3 is 21.7 Å². The minimum Gasteiger partial charge on any atom is -0.465 e. The highest BCUT2D eigenvalue weighted by molar-refractivity contribution is 7.88. The number of pyridine rings is 1. The molecule has 0 saturated carbocycles. The Balaban J connectivity index is 2.40. The molecule has 3 aromatic rings. The Morgan fingerprint density at radius 2 is 1.74 bits per heavy atom. The molecule has 2 aromatic carbocycles. The van der Waals surface area contributed by atoms with Gasteiger partial charge in [0.1, 0.15) is 11.6 Å². The summed E-state index contributed by atoms with van der Waals surface area (Å²) in [6.07, 6.45) is -1.40. The van der Waals surface area contributed by atoms with Crippen molar-refractivity contribution >= 4 is 27.0 Å². The third-order valence-corrected chi connectivity index (χ3v) is 5.91. The van der Waals surface area contributed by atoms with Crippen molar-refractivity contribution in [3.63, 3.8) is 0 Å². The van der Waals surface area contributed by atoms with E-state index in [4.69, 9.17) is 5.11 Å². The van der Waals surface area contributed by atoms with E-state index < -0.39 is 38.8 Å². The van der Waals surface area contributed by atoms with E-state index in [0.717, 1.165) is 30.3 Å². The van der Waals surface area contributed by atoms with Gasteiger partial charge in [-0.3, -0.25) is 4.79 Å². The fourth-order valence-electron chi connectivity index (χ4n) is 3.54. The smallest absolute Gasteiger partial charge is 0.465 e. The van der Waals surface area contributed by atoms with E-state index in [1.807, 2.05) is 13.8 Å². The molecule has 0 aliphatic heterocycles. The van der Waals surface area contributed by atoms with Gasteiger partial charge in [0, 0.05) is 28.6 Å². The van der Waals surface area contributed by atoms with Gasteiger partial charge < -0.3 is 19.2 Å². The second kappa shape index (κ2) is 9.56. The maximum Gasteiger partial charge on any atom is 0.534 e. The number of halogens is 4. The summed E-state index contributed by atoms with van der Waals surface area (Å²) in [5.41, 5.74) is -5.59. The van der Waals surface area contributed by atoms with Crippen LogP contribution in [0.4, 0.5) is 22.4 Å². The third-order valence-electron chi connectivity index (χ3n) is 4.93. The van der Waals surface area contributed by atoms with Gasteiger partial charge in [0.05, 0.1) is 6.54 Å². The molecule has 1 aromatic heterocycles. The van der Waals surface area contributed by atoms with E-state index in [-0.39, 0.29) is 41.0 Å². The number of rotatable bonds is 7. The summed E-state index contributed by atoms with van der Waals surface area (Å²) in [5.74, 6) is -1.36. The predicted octanol–water partition coefficient (Wildman–Crippen LogP) is 4.46. The van der Waals surface area contributed by atoms with Crippen LogP contribution in [-0.2, 0) is 23.2 Å². The summed E-state index contributed by atoms with van der Waals surface area (Å²) in [5, 5.41) is 11.3. The molecular formula is C22H20F4N2O6S. The first-order valence-electron chi connectivity index (χ1n) is 10.1. The molecule has 0 aliphatic carbocycles.